The minimum Gasteiger partial charge on any atom is -0.480 e. The average molecular weight is 258 g/mol. The maximum atomic E-state index is 10.7. The molecule has 1 aromatic carbocycles. The van der Waals surface area contributed by atoms with Crippen LogP contribution in [0, 0.1) is 6.92 Å². The van der Waals surface area contributed by atoms with E-state index in [0.717, 1.165) is 13.0 Å². The first-order valence-corrected chi connectivity index (χ1v) is 5.62. The second kappa shape index (κ2) is 8.09. The highest BCUT2D eigenvalue weighted by molar-refractivity contribution is 5.85. The van der Waals surface area contributed by atoms with Gasteiger partial charge in [0.2, 0.25) is 0 Å². The molecule has 1 N–H and O–H groups in total. The standard InChI is InChI=1S/C13H19NO2.ClH/c1-3-8-14(10-13(15)16)9-12-7-5-4-6-11(12)2;/h4-7H,3,8-10H2,1-2H3,(H,15,16);1H. The maximum Gasteiger partial charge on any atom is 0.317 e. The van der Waals surface area contributed by atoms with Gasteiger partial charge in [0.1, 0.15) is 0 Å². The predicted molar refractivity (Wildman–Crippen MR) is 71.6 cm³/mol. The minimum atomic E-state index is -0.762. The molecule has 0 aliphatic rings. The van der Waals surface area contributed by atoms with Gasteiger partial charge in [-0.3, -0.25) is 9.69 Å². The molecule has 0 aromatic heterocycles. The SMILES string of the molecule is CCCN(CC(=O)O)Cc1ccccc1C.Cl. The number of aliphatic carboxylic acids is 1. The number of hydrogen-bond donors (Lipinski definition) is 1. The van der Waals surface area contributed by atoms with Gasteiger partial charge in [-0.2, -0.15) is 0 Å². The molecule has 1 aromatic rings. The molecular formula is C13H20ClNO2. The molecule has 0 unspecified atom stereocenters. The first-order valence-electron chi connectivity index (χ1n) is 5.62. The van der Waals surface area contributed by atoms with Crippen LogP contribution in [0.5, 0.6) is 0 Å². The van der Waals surface area contributed by atoms with Gasteiger partial charge in [0.25, 0.3) is 0 Å². The lowest BCUT2D eigenvalue weighted by Gasteiger charge is -2.20. The Morgan fingerprint density at radius 3 is 2.53 bits per heavy atom. The van der Waals surface area contributed by atoms with E-state index < -0.39 is 5.97 Å². The molecule has 1 rings (SSSR count). The number of benzene rings is 1. The van der Waals surface area contributed by atoms with Gasteiger partial charge in [-0.25, -0.2) is 0 Å². The van der Waals surface area contributed by atoms with Crippen molar-refractivity contribution in [3.8, 4) is 0 Å². The van der Waals surface area contributed by atoms with Crippen molar-refractivity contribution in [1.29, 1.82) is 0 Å². The predicted octanol–water partition coefficient (Wildman–Crippen LogP) is 2.71. The van der Waals surface area contributed by atoms with Crippen LogP contribution in [-0.4, -0.2) is 29.1 Å². The lowest BCUT2D eigenvalue weighted by atomic mass is 10.1. The van der Waals surface area contributed by atoms with Crippen molar-refractivity contribution < 1.29 is 9.90 Å². The summed E-state index contributed by atoms with van der Waals surface area (Å²) >= 11 is 0. The Morgan fingerprint density at radius 1 is 1.35 bits per heavy atom. The Hall–Kier alpha value is -1.06. The zero-order valence-corrected chi connectivity index (χ0v) is 11.2. The zero-order valence-electron chi connectivity index (χ0n) is 10.3. The van der Waals surface area contributed by atoms with Gasteiger partial charge in [-0.05, 0) is 31.0 Å². The fourth-order valence-corrected chi connectivity index (χ4v) is 1.75. The van der Waals surface area contributed by atoms with E-state index in [9.17, 15) is 4.79 Å². The summed E-state index contributed by atoms with van der Waals surface area (Å²) in [5, 5.41) is 8.82. The normalized spacial score (nSPS) is 10.1. The number of carboxylic acid groups (broad SMARTS) is 1. The van der Waals surface area contributed by atoms with Crippen molar-refractivity contribution in [1.82, 2.24) is 4.90 Å². The smallest absolute Gasteiger partial charge is 0.317 e. The van der Waals surface area contributed by atoms with Crippen LogP contribution in [0.2, 0.25) is 0 Å². The monoisotopic (exact) mass is 257 g/mol. The number of aryl methyl sites for hydroxylation is 1. The molecule has 0 atom stereocenters. The molecule has 0 spiro atoms. The fourth-order valence-electron chi connectivity index (χ4n) is 1.75. The highest BCUT2D eigenvalue weighted by Gasteiger charge is 2.10. The molecule has 0 saturated heterocycles. The van der Waals surface area contributed by atoms with Crippen LogP contribution in [0.1, 0.15) is 24.5 Å². The summed E-state index contributed by atoms with van der Waals surface area (Å²) in [5.74, 6) is -0.762. The highest BCUT2D eigenvalue weighted by atomic mass is 35.5. The van der Waals surface area contributed by atoms with Gasteiger partial charge >= 0.3 is 5.97 Å². The van der Waals surface area contributed by atoms with Crippen molar-refractivity contribution in [2.75, 3.05) is 13.1 Å². The summed E-state index contributed by atoms with van der Waals surface area (Å²) in [6.45, 7) is 5.77. The Bertz CT molecular complexity index is 355. The largest absolute Gasteiger partial charge is 0.480 e. The first kappa shape index (κ1) is 15.9. The molecule has 0 aliphatic heterocycles. The Morgan fingerprint density at radius 2 is 2.00 bits per heavy atom. The molecule has 0 aliphatic carbocycles. The van der Waals surface area contributed by atoms with Crippen molar-refractivity contribution in [2.24, 2.45) is 0 Å². The van der Waals surface area contributed by atoms with Crippen LogP contribution in [0.25, 0.3) is 0 Å². The lowest BCUT2D eigenvalue weighted by molar-refractivity contribution is -0.138. The summed E-state index contributed by atoms with van der Waals surface area (Å²) in [6.07, 6.45) is 0.971. The van der Waals surface area contributed by atoms with Crippen LogP contribution >= 0.6 is 12.4 Å². The van der Waals surface area contributed by atoms with Crippen LogP contribution in [-0.2, 0) is 11.3 Å². The second-order valence-electron chi connectivity index (χ2n) is 4.03. The van der Waals surface area contributed by atoms with Crippen LogP contribution in [0.15, 0.2) is 24.3 Å². The molecular weight excluding hydrogens is 238 g/mol. The first-order chi connectivity index (χ1) is 7.63. The third-order valence-corrected chi connectivity index (χ3v) is 2.55. The quantitative estimate of drug-likeness (QED) is 0.852. The van der Waals surface area contributed by atoms with E-state index in [1.807, 2.05) is 17.0 Å². The van der Waals surface area contributed by atoms with Crippen molar-refractivity contribution >= 4 is 18.4 Å². The van der Waals surface area contributed by atoms with Gasteiger partial charge in [0.15, 0.2) is 0 Å². The van der Waals surface area contributed by atoms with Gasteiger partial charge < -0.3 is 5.11 Å². The van der Waals surface area contributed by atoms with Gasteiger partial charge in [-0.1, -0.05) is 31.2 Å². The van der Waals surface area contributed by atoms with Crippen molar-refractivity contribution in [3.63, 3.8) is 0 Å². The maximum absolute atomic E-state index is 10.7. The molecule has 0 radical (unpaired) electrons. The van der Waals surface area contributed by atoms with E-state index in [0.29, 0.717) is 6.54 Å². The minimum absolute atomic E-state index is 0. The number of nitrogens with zero attached hydrogens (tertiary/aromatic N) is 1. The van der Waals surface area contributed by atoms with Crippen LogP contribution in [0.4, 0.5) is 0 Å². The van der Waals surface area contributed by atoms with E-state index in [4.69, 9.17) is 5.11 Å². The zero-order chi connectivity index (χ0) is 12.0. The Balaban J connectivity index is 0.00000256. The fraction of sp³-hybridized carbons (Fsp3) is 0.462. The van der Waals surface area contributed by atoms with Crippen LogP contribution in [0.3, 0.4) is 0 Å². The van der Waals surface area contributed by atoms with E-state index >= 15 is 0 Å². The summed E-state index contributed by atoms with van der Waals surface area (Å²) in [4.78, 5) is 12.7. The summed E-state index contributed by atoms with van der Waals surface area (Å²) < 4.78 is 0. The van der Waals surface area contributed by atoms with Crippen molar-refractivity contribution in [3.05, 3.63) is 35.4 Å². The van der Waals surface area contributed by atoms with E-state index in [-0.39, 0.29) is 19.0 Å². The summed E-state index contributed by atoms with van der Waals surface area (Å²) in [6, 6.07) is 8.10. The highest BCUT2D eigenvalue weighted by Crippen LogP contribution is 2.10. The summed E-state index contributed by atoms with van der Waals surface area (Å²) in [7, 11) is 0. The number of halogens is 1. The third-order valence-electron chi connectivity index (χ3n) is 2.55. The average Bonchev–Trinajstić information content (AvgIpc) is 2.21. The summed E-state index contributed by atoms with van der Waals surface area (Å²) in [5.41, 5.74) is 2.42. The topological polar surface area (TPSA) is 40.5 Å². The number of rotatable bonds is 6. The molecule has 0 fully saturated rings. The molecule has 96 valence electrons. The number of hydrogen-bond acceptors (Lipinski definition) is 2. The van der Waals surface area contributed by atoms with Gasteiger partial charge in [0.05, 0.1) is 6.54 Å². The molecule has 0 bridgehead atoms. The van der Waals surface area contributed by atoms with Crippen LogP contribution < -0.4 is 0 Å². The second-order valence-corrected chi connectivity index (χ2v) is 4.03. The Labute approximate surface area is 109 Å². The van der Waals surface area contributed by atoms with Gasteiger partial charge in [0, 0.05) is 6.54 Å². The molecule has 3 nitrogen and oxygen atoms in total. The van der Waals surface area contributed by atoms with E-state index in [2.05, 4.69) is 26.0 Å². The number of carboxylic acids is 1. The lowest BCUT2D eigenvalue weighted by Crippen LogP contribution is -2.30. The Kier molecular flexibility index (Phi) is 7.59. The third kappa shape index (κ3) is 5.71. The van der Waals surface area contributed by atoms with E-state index in [1.165, 1.54) is 11.1 Å². The number of carbonyl (C=O) groups is 1. The van der Waals surface area contributed by atoms with E-state index in [1.54, 1.807) is 0 Å². The molecule has 4 heteroatoms. The molecule has 0 heterocycles. The molecule has 0 saturated carbocycles. The molecule has 17 heavy (non-hydrogen) atoms. The molecule has 0 amide bonds. The van der Waals surface area contributed by atoms with Crippen molar-refractivity contribution in [2.45, 2.75) is 26.8 Å². The van der Waals surface area contributed by atoms with Gasteiger partial charge in [-0.15, -0.1) is 12.4 Å².